The number of hydrogen-bond acceptors (Lipinski definition) is 5. The number of anilines is 1. The average molecular weight is 399 g/mol. The fraction of sp³-hybridized carbons (Fsp3) is 0.316. The van der Waals surface area contributed by atoms with Crippen molar-refractivity contribution in [3.05, 3.63) is 53.3 Å². The largest absolute Gasteiger partial charge is 0.517 e. The molecule has 8 nitrogen and oxygen atoms in total. The van der Waals surface area contributed by atoms with Crippen molar-refractivity contribution in [2.45, 2.75) is 39.2 Å². The van der Waals surface area contributed by atoms with Gasteiger partial charge >= 0.3 is 0 Å². The number of benzene rings is 1. The molecule has 1 aromatic carbocycles. The molecule has 3 N–H and O–H groups in total. The molecule has 28 heavy (non-hydrogen) atoms. The predicted octanol–water partition coefficient (Wildman–Crippen LogP) is 4.20. The van der Waals surface area contributed by atoms with Crippen molar-refractivity contribution in [2.75, 3.05) is 5.32 Å². The van der Waals surface area contributed by atoms with Gasteiger partial charge in [0.2, 0.25) is 5.69 Å². The van der Waals surface area contributed by atoms with E-state index in [2.05, 4.69) is 38.1 Å². The zero-order valence-corrected chi connectivity index (χ0v) is 16.6. The molecule has 1 aliphatic heterocycles. The molecule has 9 heteroatoms. The molecule has 0 aliphatic carbocycles. The van der Waals surface area contributed by atoms with Crippen molar-refractivity contribution in [1.82, 2.24) is 5.32 Å². The van der Waals surface area contributed by atoms with Gasteiger partial charge < -0.3 is 20.2 Å². The molecule has 2 heterocycles. The molecule has 1 aliphatic rings. The summed E-state index contributed by atoms with van der Waals surface area (Å²) in [5, 5.41) is 16.3. The van der Waals surface area contributed by atoms with Gasteiger partial charge in [-0.1, -0.05) is 32.9 Å². The van der Waals surface area contributed by atoms with Crippen LogP contribution in [-0.2, 0) is 11.2 Å². The van der Waals surface area contributed by atoms with E-state index in [1.807, 2.05) is 13.0 Å². The van der Waals surface area contributed by atoms with E-state index in [4.69, 9.17) is 11.0 Å². The highest BCUT2D eigenvalue weighted by Crippen LogP contribution is 2.34. The summed E-state index contributed by atoms with van der Waals surface area (Å²) in [6.07, 6.45) is 2.45. The summed E-state index contributed by atoms with van der Waals surface area (Å²) in [5.41, 5.74) is 1.49. The number of aromatic hydroxyl groups is 1. The predicted molar refractivity (Wildman–Crippen MR) is 110 cm³/mol. The molecule has 3 rings (SSSR count). The van der Waals surface area contributed by atoms with Crippen molar-refractivity contribution in [1.29, 1.82) is 0 Å². The van der Waals surface area contributed by atoms with Gasteiger partial charge in [0.05, 0.1) is 24.6 Å². The van der Waals surface area contributed by atoms with Crippen LogP contribution in [0.4, 0.5) is 11.4 Å². The summed E-state index contributed by atoms with van der Waals surface area (Å²) in [6.45, 7) is 13.3. The third-order valence-corrected chi connectivity index (χ3v) is 5.00. The second-order valence-electron chi connectivity index (χ2n) is 6.56. The van der Waals surface area contributed by atoms with Gasteiger partial charge in [-0.2, -0.15) is 0 Å². The van der Waals surface area contributed by atoms with Crippen LogP contribution < -0.4 is 10.6 Å². The summed E-state index contributed by atoms with van der Waals surface area (Å²) in [4.78, 5) is 3.26. The van der Waals surface area contributed by atoms with Gasteiger partial charge in [-0.3, -0.25) is 0 Å². The Bertz CT molecular complexity index is 1000. The minimum Gasteiger partial charge on any atom is -0.517 e. The van der Waals surface area contributed by atoms with E-state index >= 15 is 0 Å². The number of nitrogens with zero attached hydrogens (tertiary/aromatic N) is 3. The first kappa shape index (κ1) is 19.6. The topological polar surface area (TPSA) is 104 Å². The van der Waals surface area contributed by atoms with Gasteiger partial charge in [0.1, 0.15) is 11.5 Å². The fourth-order valence-corrected chi connectivity index (χ4v) is 3.31. The number of hydrogen-bond donors (Lipinski definition) is 3. The number of rotatable bonds is 5. The molecular formula is C19H21N5O3S. The molecule has 0 bridgehead atoms. The van der Waals surface area contributed by atoms with E-state index in [1.54, 1.807) is 18.4 Å². The van der Waals surface area contributed by atoms with Crippen molar-refractivity contribution in [2.24, 2.45) is 8.80 Å². The van der Waals surface area contributed by atoms with Crippen LogP contribution in [0.1, 0.15) is 50.5 Å². The Kier molecular flexibility index (Phi) is 5.80. The normalized spacial score (nSPS) is 17.0. The summed E-state index contributed by atoms with van der Waals surface area (Å²) in [5.74, 6) is 1.44. The highest BCUT2D eigenvalue weighted by Gasteiger charge is 2.25. The third kappa shape index (κ3) is 4.07. The van der Waals surface area contributed by atoms with Gasteiger partial charge in [-0.25, -0.2) is 9.05 Å². The van der Waals surface area contributed by atoms with E-state index in [0.717, 1.165) is 11.3 Å². The number of amidine groups is 2. The van der Waals surface area contributed by atoms with Crippen molar-refractivity contribution in [3.8, 4) is 5.75 Å². The number of furan rings is 1. The van der Waals surface area contributed by atoms with Gasteiger partial charge in [0, 0.05) is 0 Å². The van der Waals surface area contributed by atoms with Gasteiger partial charge in [0.25, 0.3) is 11.2 Å². The second kappa shape index (κ2) is 8.27. The molecule has 1 aromatic heterocycles. The summed E-state index contributed by atoms with van der Waals surface area (Å²) in [7, 11) is 0. The molecule has 146 valence electrons. The maximum atomic E-state index is 11.9. The van der Waals surface area contributed by atoms with Gasteiger partial charge in [-0.05, 0) is 30.0 Å². The molecule has 0 amide bonds. The van der Waals surface area contributed by atoms with Crippen molar-refractivity contribution < 1.29 is 13.7 Å². The summed E-state index contributed by atoms with van der Waals surface area (Å²) >= 11 is -1.77. The Morgan fingerprint density at radius 2 is 2.07 bits per heavy atom. The Morgan fingerprint density at radius 1 is 1.32 bits per heavy atom. The first-order chi connectivity index (χ1) is 13.4. The fourth-order valence-electron chi connectivity index (χ4n) is 2.68. The number of para-hydroxylation sites is 1. The molecular weight excluding hydrogens is 378 g/mol. The van der Waals surface area contributed by atoms with Crippen molar-refractivity contribution >= 4 is 34.2 Å². The maximum Gasteiger partial charge on any atom is 0.269 e. The molecule has 2 aromatic rings. The van der Waals surface area contributed by atoms with Crippen LogP contribution in [0.2, 0.25) is 0 Å². The standard InChI is InChI=1S/C19H21N5O3S/c1-5-13(16-9-12(10-27-16)11(2)3)21-18-19(24-28(26)23-18)22-15-8-6-7-14(20-4)17(15)25/h6-11,13,25H,5H2,1-3H3,(H,21,23)(H,22,24)/t13-,28?/m1/s1. The molecule has 1 unspecified atom stereocenters. The van der Waals surface area contributed by atoms with Gasteiger partial charge in [0.15, 0.2) is 11.7 Å². The van der Waals surface area contributed by atoms with E-state index in [0.29, 0.717) is 18.2 Å². The number of phenolic OH excluding ortho intramolecular Hbond substituents is 1. The zero-order chi connectivity index (χ0) is 20.3. The third-order valence-electron chi connectivity index (χ3n) is 4.32. The first-order valence-corrected chi connectivity index (χ1v) is 9.90. The molecule has 0 radical (unpaired) electrons. The van der Waals surface area contributed by atoms with Crippen molar-refractivity contribution in [3.63, 3.8) is 0 Å². The second-order valence-corrected chi connectivity index (χ2v) is 7.39. The minimum atomic E-state index is -1.77. The lowest BCUT2D eigenvalue weighted by Crippen LogP contribution is -2.36. The van der Waals surface area contributed by atoms with Crippen LogP contribution in [-0.4, -0.2) is 21.0 Å². The van der Waals surface area contributed by atoms with E-state index in [9.17, 15) is 9.32 Å². The summed E-state index contributed by atoms with van der Waals surface area (Å²) in [6, 6.07) is 6.55. The van der Waals surface area contributed by atoms with Crippen LogP contribution in [0, 0.1) is 6.57 Å². The summed E-state index contributed by atoms with van der Waals surface area (Å²) < 4.78 is 25.6. The first-order valence-electron chi connectivity index (χ1n) is 8.84. The molecule has 2 atom stereocenters. The maximum absolute atomic E-state index is 11.9. The molecule has 0 spiro atoms. The highest BCUT2D eigenvalue weighted by molar-refractivity contribution is 7.83. The highest BCUT2D eigenvalue weighted by atomic mass is 32.2. The van der Waals surface area contributed by atoms with E-state index in [1.165, 1.54) is 6.07 Å². The van der Waals surface area contributed by atoms with Crippen LogP contribution in [0.25, 0.3) is 4.85 Å². The Morgan fingerprint density at radius 3 is 2.71 bits per heavy atom. The molecule has 0 fully saturated rings. The SMILES string of the molecule is [C-]#[N+]c1cccc(NC2=NS(=O)N=C2N[C@H](CC)c2cc(C(C)C)co2)c1O. The van der Waals surface area contributed by atoms with Crippen LogP contribution in [0.3, 0.4) is 0 Å². The smallest absolute Gasteiger partial charge is 0.269 e. The lowest BCUT2D eigenvalue weighted by Gasteiger charge is -2.17. The van der Waals surface area contributed by atoms with Gasteiger partial charge in [-0.15, -0.1) is 8.80 Å². The lowest BCUT2D eigenvalue weighted by atomic mass is 10.1. The lowest BCUT2D eigenvalue weighted by molar-refractivity contribution is 0.439. The monoisotopic (exact) mass is 399 g/mol. The Hall–Kier alpha value is -3.12. The number of nitrogens with one attached hydrogen (secondary N) is 2. The minimum absolute atomic E-state index is 0.111. The Labute approximate surface area is 165 Å². The quantitative estimate of drug-likeness (QED) is 0.516. The molecule has 0 saturated carbocycles. The zero-order valence-electron chi connectivity index (χ0n) is 15.8. The van der Waals surface area contributed by atoms with E-state index < -0.39 is 11.2 Å². The average Bonchev–Trinajstić information content (AvgIpc) is 3.28. The van der Waals surface area contributed by atoms with E-state index in [-0.39, 0.29) is 29.0 Å². The van der Waals surface area contributed by atoms with Crippen LogP contribution >= 0.6 is 0 Å². The Balaban J connectivity index is 1.81. The molecule has 0 saturated heterocycles. The number of phenols is 1. The van der Waals surface area contributed by atoms with Crippen LogP contribution in [0.15, 0.2) is 43.7 Å². The van der Waals surface area contributed by atoms with Crippen LogP contribution in [0.5, 0.6) is 5.75 Å².